The normalized spacial score (nSPS) is 11.8. The van der Waals surface area contributed by atoms with E-state index >= 15 is 0 Å². The van der Waals surface area contributed by atoms with E-state index in [-0.39, 0.29) is 23.6 Å². The van der Waals surface area contributed by atoms with Crippen LogP contribution in [0.3, 0.4) is 0 Å². The molecule has 2 heterocycles. The van der Waals surface area contributed by atoms with E-state index in [0.29, 0.717) is 4.90 Å². The third-order valence-electron chi connectivity index (χ3n) is 4.17. The molecule has 44 heavy (non-hydrogen) atoms. The summed E-state index contributed by atoms with van der Waals surface area (Å²) in [5.41, 5.74) is -3.22. The number of anilines is 1. The van der Waals surface area contributed by atoms with E-state index in [2.05, 4.69) is 14.8 Å². The molecule has 15 nitrogen and oxygen atoms in total. The highest BCUT2D eigenvalue weighted by Crippen LogP contribution is 2.27. The topological polar surface area (TPSA) is 174 Å². The van der Waals surface area contributed by atoms with Crippen molar-refractivity contribution in [2.75, 3.05) is 11.5 Å². The fourth-order valence-electron chi connectivity index (χ4n) is 2.89. The zero-order chi connectivity index (χ0) is 34.3. The number of ether oxygens (including phenoxy) is 6. The number of fused-ring (bicyclic) bond motifs is 1. The van der Waals surface area contributed by atoms with Gasteiger partial charge in [-0.1, -0.05) is 0 Å². The zero-order valence-electron chi connectivity index (χ0n) is 27.7. The first-order valence-electron chi connectivity index (χ1n) is 13.7. The molecule has 0 aliphatic rings. The quantitative estimate of drug-likeness (QED) is 0.207. The van der Waals surface area contributed by atoms with Gasteiger partial charge in [0.25, 0.3) is 0 Å². The van der Waals surface area contributed by atoms with E-state index in [1.807, 2.05) is 0 Å². The molecule has 0 fully saturated rings. The minimum absolute atomic E-state index is 0.0846. The number of hydrogen-bond donors (Lipinski definition) is 0. The number of carbonyl (C=O) groups is 5. The Kier molecular flexibility index (Phi) is 12.3. The highest BCUT2D eigenvalue weighted by Gasteiger charge is 2.39. The lowest BCUT2D eigenvalue weighted by molar-refractivity contribution is -0.0294. The summed E-state index contributed by atoms with van der Waals surface area (Å²) in [4.78, 5) is 65.1. The molecule has 0 aromatic carbocycles. The minimum atomic E-state index is -1.06. The average molecular weight is 625 g/mol. The lowest BCUT2D eigenvalue weighted by atomic mass is 10.2. The van der Waals surface area contributed by atoms with Crippen LogP contribution in [0.15, 0.2) is 18.5 Å². The Labute approximate surface area is 257 Å². The predicted octanol–water partition coefficient (Wildman–Crippen LogP) is 6.46. The van der Waals surface area contributed by atoms with E-state index in [4.69, 9.17) is 23.7 Å². The maximum atomic E-state index is 12.9. The largest absolute Gasteiger partial charge is 0.519 e. The molecular formula is C29H44N4O11. The second-order valence-electron chi connectivity index (χ2n) is 13.1. The van der Waals surface area contributed by atoms with Gasteiger partial charge >= 0.3 is 30.5 Å². The molecule has 0 saturated carbocycles. The number of nitrogens with zero attached hydrogens (tertiary/aromatic N) is 4. The molecule has 0 spiro atoms. The van der Waals surface area contributed by atoms with Crippen molar-refractivity contribution in [2.24, 2.45) is 0 Å². The Balaban J connectivity index is 0.000000546. The SMILES string of the molecule is CC(C)(C)OC(=O)OC(=O)OC(C)(C)C.CCOC(=O)c1c(N(C(=O)OC(C)(C)C)C(=O)OC(C)(C)C)nn2cccnc12. The van der Waals surface area contributed by atoms with Gasteiger partial charge in [0.2, 0.25) is 0 Å². The van der Waals surface area contributed by atoms with Crippen molar-refractivity contribution < 1.29 is 52.4 Å². The van der Waals surface area contributed by atoms with Crippen LogP contribution in [0.4, 0.5) is 25.0 Å². The third kappa shape index (κ3) is 13.3. The monoisotopic (exact) mass is 624 g/mol. The first-order chi connectivity index (χ1) is 19.8. The van der Waals surface area contributed by atoms with Gasteiger partial charge in [0.15, 0.2) is 11.5 Å². The molecule has 0 saturated heterocycles. The van der Waals surface area contributed by atoms with Gasteiger partial charge in [-0.2, -0.15) is 4.90 Å². The van der Waals surface area contributed by atoms with E-state index in [1.54, 1.807) is 96.1 Å². The second-order valence-corrected chi connectivity index (χ2v) is 13.1. The number of imide groups is 1. The molecule has 0 aliphatic carbocycles. The van der Waals surface area contributed by atoms with Crippen molar-refractivity contribution in [2.45, 2.75) is 112 Å². The molecule has 0 N–H and O–H groups in total. The highest BCUT2D eigenvalue weighted by molar-refractivity contribution is 6.14. The van der Waals surface area contributed by atoms with Crippen molar-refractivity contribution in [3.63, 3.8) is 0 Å². The lowest BCUT2D eigenvalue weighted by Crippen LogP contribution is -2.44. The van der Waals surface area contributed by atoms with Gasteiger partial charge in [0, 0.05) is 12.4 Å². The van der Waals surface area contributed by atoms with Gasteiger partial charge in [-0.3, -0.25) is 0 Å². The smallest absolute Gasteiger partial charge is 0.462 e. The van der Waals surface area contributed by atoms with Crippen molar-refractivity contribution in [1.29, 1.82) is 0 Å². The van der Waals surface area contributed by atoms with E-state index < -0.39 is 52.9 Å². The van der Waals surface area contributed by atoms with Crippen LogP contribution in [0.2, 0.25) is 0 Å². The summed E-state index contributed by atoms with van der Waals surface area (Å²) in [6.07, 6.45) is -1.22. The maximum Gasteiger partial charge on any atom is 0.519 e. The van der Waals surface area contributed by atoms with Gasteiger partial charge < -0.3 is 28.4 Å². The lowest BCUT2D eigenvalue weighted by Gasteiger charge is -2.27. The standard InChI is InChI=1S/C19H26N4O6.C10H18O5/c1-8-27-15(24)12-13-20-10-9-11-22(13)21-14(12)23(16(25)28-18(2,3)4)17(26)29-19(5,6)7;1-9(2,3)14-7(11)13-8(12)15-10(4,5)6/h9-11H,8H2,1-7H3;1-6H3. The number of esters is 1. The van der Waals surface area contributed by atoms with Gasteiger partial charge in [-0.25, -0.2) is 33.5 Å². The number of amides is 2. The Morgan fingerprint density at radius 1 is 0.727 bits per heavy atom. The summed E-state index contributed by atoms with van der Waals surface area (Å²) in [6.45, 7) is 21.6. The van der Waals surface area contributed by atoms with Gasteiger partial charge in [0.05, 0.1) is 6.61 Å². The summed E-state index contributed by atoms with van der Waals surface area (Å²) in [5.74, 6) is -1.07. The zero-order valence-corrected chi connectivity index (χ0v) is 27.7. The molecule has 2 aromatic heterocycles. The van der Waals surface area contributed by atoms with E-state index in [0.717, 1.165) is 0 Å². The van der Waals surface area contributed by atoms with E-state index in [1.165, 1.54) is 16.9 Å². The summed E-state index contributed by atoms with van der Waals surface area (Å²) in [5, 5.41) is 4.20. The molecule has 0 unspecified atom stereocenters. The van der Waals surface area contributed by atoms with Gasteiger partial charge in [0.1, 0.15) is 28.0 Å². The molecule has 246 valence electrons. The van der Waals surface area contributed by atoms with E-state index in [9.17, 15) is 24.0 Å². The number of hydrogen-bond acceptors (Lipinski definition) is 13. The van der Waals surface area contributed by atoms with Crippen LogP contribution in [0, 0.1) is 0 Å². The Morgan fingerprint density at radius 3 is 1.55 bits per heavy atom. The summed E-state index contributed by atoms with van der Waals surface area (Å²) < 4.78 is 30.8. The second kappa shape index (κ2) is 14.4. The molecule has 2 amide bonds. The van der Waals surface area contributed by atoms with Crippen molar-refractivity contribution in [3.05, 3.63) is 24.0 Å². The number of carbonyl (C=O) groups excluding carboxylic acids is 5. The Hall–Kier alpha value is -4.43. The van der Waals surface area contributed by atoms with Crippen molar-refractivity contribution in [1.82, 2.24) is 14.6 Å². The molecule has 0 atom stereocenters. The van der Waals surface area contributed by atoms with Crippen molar-refractivity contribution in [3.8, 4) is 0 Å². The first kappa shape index (κ1) is 37.6. The average Bonchev–Trinajstić information content (AvgIpc) is 3.13. The molecule has 2 aromatic rings. The Morgan fingerprint density at radius 2 is 1.16 bits per heavy atom. The molecule has 2 rings (SSSR count). The molecule has 0 radical (unpaired) electrons. The van der Waals surface area contributed by atoms with Crippen molar-refractivity contribution >= 4 is 41.9 Å². The maximum absolute atomic E-state index is 12.9. The van der Waals surface area contributed by atoms with Crippen LogP contribution in [0.25, 0.3) is 5.65 Å². The van der Waals surface area contributed by atoms with Gasteiger partial charge in [-0.05, 0) is 96.1 Å². The molecule has 15 heteroatoms. The highest BCUT2D eigenvalue weighted by atomic mass is 16.8. The predicted molar refractivity (Wildman–Crippen MR) is 157 cm³/mol. The molecule has 0 aliphatic heterocycles. The first-order valence-corrected chi connectivity index (χ1v) is 13.7. The third-order valence-corrected chi connectivity index (χ3v) is 4.17. The van der Waals surface area contributed by atoms with Crippen LogP contribution in [0.5, 0.6) is 0 Å². The Bertz CT molecular complexity index is 1290. The fraction of sp³-hybridized carbons (Fsp3) is 0.621. The van der Waals surface area contributed by atoms with Crippen LogP contribution in [0.1, 0.15) is 100 Å². The number of rotatable bonds is 3. The van der Waals surface area contributed by atoms with Crippen LogP contribution < -0.4 is 4.90 Å². The van der Waals surface area contributed by atoms with Crippen LogP contribution in [-0.2, 0) is 28.4 Å². The molecular weight excluding hydrogens is 580 g/mol. The summed E-state index contributed by atoms with van der Waals surface area (Å²) in [6, 6.07) is 1.59. The number of aromatic nitrogens is 3. The van der Waals surface area contributed by atoms with Crippen LogP contribution >= 0.6 is 0 Å². The summed E-state index contributed by atoms with van der Waals surface area (Å²) >= 11 is 0. The minimum Gasteiger partial charge on any atom is -0.462 e. The van der Waals surface area contributed by atoms with Crippen LogP contribution in [-0.4, -0.2) is 74.1 Å². The fourth-order valence-corrected chi connectivity index (χ4v) is 2.89. The van der Waals surface area contributed by atoms with Gasteiger partial charge in [-0.15, -0.1) is 5.10 Å². The molecule has 0 bridgehead atoms. The summed E-state index contributed by atoms with van der Waals surface area (Å²) in [7, 11) is 0.